The maximum absolute atomic E-state index is 13.8. The standard InChI is InChI=1S/C26H31ClF3N3O3S.C2HF3O2/c1-17-22-16-33(9-8-18(22)2-6-23(17)27)37(34,35)25-14-19(26(28,29)30)3-7-24(25)31-20-4-5-21(15-20)32-10-12-36-13-11-32;3-2(4,5)1(6)7/h2-3,6-7,14,20-21,31H,4-5,8-13,15-16H2,1H3;(H,6,7). The quantitative estimate of drug-likeness (QED) is 0.393. The first-order valence-corrected chi connectivity index (χ1v) is 15.7. The van der Waals surface area contributed by atoms with Gasteiger partial charge in [-0.3, -0.25) is 4.90 Å². The summed E-state index contributed by atoms with van der Waals surface area (Å²) >= 11 is 6.27. The number of benzene rings is 2. The Labute approximate surface area is 256 Å². The number of alkyl halides is 6. The number of nitrogens with zero attached hydrogens (tertiary/aromatic N) is 2. The summed E-state index contributed by atoms with van der Waals surface area (Å²) in [4.78, 5) is 10.9. The molecule has 0 radical (unpaired) electrons. The highest BCUT2D eigenvalue weighted by Crippen LogP contribution is 2.38. The van der Waals surface area contributed by atoms with Crippen molar-refractivity contribution in [1.82, 2.24) is 9.21 Å². The summed E-state index contributed by atoms with van der Waals surface area (Å²) in [5, 5.41) is 11.0. The Morgan fingerprint density at radius 3 is 2.32 bits per heavy atom. The first-order chi connectivity index (χ1) is 20.5. The van der Waals surface area contributed by atoms with Gasteiger partial charge in [0.2, 0.25) is 10.0 Å². The van der Waals surface area contributed by atoms with Crippen LogP contribution in [0.2, 0.25) is 5.02 Å². The molecule has 0 aromatic heterocycles. The molecule has 44 heavy (non-hydrogen) atoms. The van der Waals surface area contributed by atoms with E-state index in [9.17, 15) is 34.8 Å². The number of carboxylic acid groups (broad SMARTS) is 1. The number of aliphatic carboxylic acids is 1. The van der Waals surface area contributed by atoms with Gasteiger partial charge in [0.1, 0.15) is 4.90 Å². The molecule has 1 aliphatic carbocycles. The van der Waals surface area contributed by atoms with E-state index in [0.717, 1.165) is 61.2 Å². The zero-order valence-electron chi connectivity index (χ0n) is 23.6. The third kappa shape index (κ3) is 7.97. The van der Waals surface area contributed by atoms with Crippen LogP contribution in [0.25, 0.3) is 0 Å². The molecule has 2 aliphatic heterocycles. The van der Waals surface area contributed by atoms with Gasteiger partial charge in [-0.25, -0.2) is 13.2 Å². The van der Waals surface area contributed by atoms with Crippen molar-refractivity contribution in [1.29, 1.82) is 0 Å². The Morgan fingerprint density at radius 1 is 1.05 bits per heavy atom. The molecule has 0 amide bonds. The normalized spacial score (nSPS) is 21.7. The lowest BCUT2D eigenvalue weighted by molar-refractivity contribution is -0.192. The minimum Gasteiger partial charge on any atom is -0.475 e. The number of carbonyl (C=O) groups is 1. The van der Waals surface area contributed by atoms with Crippen molar-refractivity contribution in [3.8, 4) is 0 Å². The van der Waals surface area contributed by atoms with Crippen molar-refractivity contribution in [2.45, 2.75) is 68.5 Å². The van der Waals surface area contributed by atoms with E-state index < -0.39 is 33.9 Å². The predicted octanol–water partition coefficient (Wildman–Crippen LogP) is 5.71. The summed E-state index contributed by atoms with van der Waals surface area (Å²) in [6, 6.07) is 6.98. The van der Waals surface area contributed by atoms with E-state index >= 15 is 0 Å². The number of rotatable bonds is 5. The number of sulfonamides is 1. The first kappa shape index (κ1) is 34.3. The zero-order chi connectivity index (χ0) is 32.4. The zero-order valence-corrected chi connectivity index (χ0v) is 25.2. The molecule has 5 rings (SSSR count). The van der Waals surface area contributed by atoms with E-state index in [1.165, 1.54) is 10.4 Å². The smallest absolute Gasteiger partial charge is 0.475 e. The highest BCUT2D eigenvalue weighted by Gasteiger charge is 2.39. The van der Waals surface area contributed by atoms with Crippen molar-refractivity contribution < 1.29 is 49.4 Å². The molecular weight excluding hydrogens is 640 g/mol. The third-order valence-electron chi connectivity index (χ3n) is 8.09. The van der Waals surface area contributed by atoms with E-state index in [1.807, 2.05) is 13.0 Å². The summed E-state index contributed by atoms with van der Waals surface area (Å²) in [6.07, 6.45) is -6.70. The Hall–Kier alpha value is -2.59. The van der Waals surface area contributed by atoms with Crippen LogP contribution in [0.3, 0.4) is 0 Å². The molecule has 2 atom stereocenters. The molecule has 1 saturated heterocycles. The van der Waals surface area contributed by atoms with Crippen LogP contribution in [0.15, 0.2) is 35.2 Å². The summed E-state index contributed by atoms with van der Waals surface area (Å²) in [6.45, 7) is 5.20. The second-order valence-corrected chi connectivity index (χ2v) is 13.2. The Bertz CT molecular complexity index is 1460. The van der Waals surface area contributed by atoms with E-state index in [1.54, 1.807) is 6.07 Å². The molecule has 3 aliphatic rings. The van der Waals surface area contributed by atoms with Gasteiger partial charge in [-0.15, -0.1) is 0 Å². The molecule has 1 saturated carbocycles. The molecule has 2 aromatic carbocycles. The number of hydrogen-bond donors (Lipinski definition) is 2. The van der Waals surface area contributed by atoms with Crippen LogP contribution in [-0.2, 0) is 38.7 Å². The number of nitrogens with one attached hydrogen (secondary N) is 1. The molecule has 2 N–H and O–H groups in total. The van der Waals surface area contributed by atoms with Crippen LogP contribution >= 0.6 is 11.6 Å². The first-order valence-electron chi connectivity index (χ1n) is 13.8. The highest BCUT2D eigenvalue weighted by molar-refractivity contribution is 7.89. The van der Waals surface area contributed by atoms with Crippen LogP contribution in [0.4, 0.5) is 32.0 Å². The number of carboxylic acids is 1. The van der Waals surface area contributed by atoms with Crippen molar-refractivity contribution in [3.05, 3.63) is 57.6 Å². The van der Waals surface area contributed by atoms with Crippen LogP contribution in [0.5, 0.6) is 0 Å². The molecule has 2 fully saturated rings. The fraction of sp³-hybridized carbons (Fsp3) is 0.536. The second kappa shape index (κ2) is 13.4. The summed E-state index contributed by atoms with van der Waals surface area (Å²) in [5.41, 5.74) is 1.85. The van der Waals surface area contributed by atoms with Crippen molar-refractivity contribution in [2.24, 2.45) is 0 Å². The van der Waals surface area contributed by atoms with Gasteiger partial charge in [-0.2, -0.15) is 30.6 Å². The van der Waals surface area contributed by atoms with Gasteiger partial charge in [0.15, 0.2) is 0 Å². The maximum atomic E-state index is 13.8. The van der Waals surface area contributed by atoms with Gasteiger partial charge in [-0.1, -0.05) is 17.7 Å². The minimum atomic E-state index is -5.08. The molecule has 16 heteroatoms. The molecule has 0 bridgehead atoms. The lowest BCUT2D eigenvalue weighted by atomic mass is 9.97. The number of ether oxygens (including phenoxy) is 1. The van der Waals surface area contributed by atoms with E-state index in [2.05, 4.69) is 10.2 Å². The van der Waals surface area contributed by atoms with Gasteiger partial charge < -0.3 is 15.2 Å². The molecule has 2 unspecified atom stereocenters. The largest absolute Gasteiger partial charge is 0.490 e. The highest BCUT2D eigenvalue weighted by atomic mass is 35.5. The van der Waals surface area contributed by atoms with Crippen molar-refractivity contribution in [2.75, 3.05) is 38.2 Å². The second-order valence-electron chi connectivity index (χ2n) is 10.9. The summed E-state index contributed by atoms with van der Waals surface area (Å²) < 4.78 is 107. The molecular formula is C28H32ClF6N3O5S. The fourth-order valence-corrected chi connectivity index (χ4v) is 7.46. The van der Waals surface area contributed by atoms with Gasteiger partial charge >= 0.3 is 18.3 Å². The third-order valence-corrected chi connectivity index (χ3v) is 10.4. The molecule has 8 nitrogen and oxygen atoms in total. The van der Waals surface area contributed by atoms with E-state index in [4.69, 9.17) is 26.2 Å². The molecule has 2 heterocycles. The van der Waals surface area contributed by atoms with Gasteiger partial charge in [-0.05, 0) is 73.6 Å². The summed E-state index contributed by atoms with van der Waals surface area (Å²) in [5.74, 6) is -2.76. The van der Waals surface area contributed by atoms with Gasteiger partial charge in [0.05, 0.1) is 24.5 Å². The monoisotopic (exact) mass is 671 g/mol. The van der Waals surface area contributed by atoms with Crippen molar-refractivity contribution in [3.63, 3.8) is 0 Å². The number of anilines is 1. The SMILES string of the molecule is Cc1c(Cl)ccc2c1CN(S(=O)(=O)c1cc(C(F)(F)F)ccc1NC1CCC(N3CCOCC3)C1)CC2.O=C(O)C(F)(F)F. The minimum absolute atomic E-state index is 0.0262. The Morgan fingerprint density at radius 2 is 1.70 bits per heavy atom. The average Bonchev–Trinajstić information content (AvgIpc) is 3.43. The van der Waals surface area contributed by atoms with Crippen LogP contribution in [-0.4, -0.2) is 79.8 Å². The van der Waals surface area contributed by atoms with Gasteiger partial charge in [0.25, 0.3) is 0 Å². The number of halogens is 7. The molecule has 2 aromatic rings. The lowest BCUT2D eigenvalue weighted by Gasteiger charge is -2.32. The average molecular weight is 672 g/mol. The van der Waals surface area contributed by atoms with Crippen LogP contribution in [0.1, 0.15) is 41.5 Å². The van der Waals surface area contributed by atoms with Crippen LogP contribution < -0.4 is 5.32 Å². The lowest BCUT2D eigenvalue weighted by Crippen LogP contribution is -2.42. The maximum Gasteiger partial charge on any atom is 0.490 e. The Kier molecular flexibility index (Phi) is 10.5. The molecule has 0 spiro atoms. The fourth-order valence-electron chi connectivity index (χ4n) is 5.70. The van der Waals surface area contributed by atoms with Crippen LogP contribution in [0, 0.1) is 6.92 Å². The van der Waals surface area contributed by atoms with E-state index in [-0.39, 0.29) is 29.7 Å². The Balaban J connectivity index is 0.000000566. The number of morpholine rings is 1. The molecule has 244 valence electrons. The predicted molar refractivity (Wildman–Crippen MR) is 150 cm³/mol. The van der Waals surface area contributed by atoms with E-state index in [0.29, 0.717) is 30.7 Å². The number of fused-ring (bicyclic) bond motifs is 1. The number of hydrogen-bond acceptors (Lipinski definition) is 6. The summed E-state index contributed by atoms with van der Waals surface area (Å²) in [7, 11) is -4.22. The topological polar surface area (TPSA) is 99.2 Å². The van der Waals surface area contributed by atoms with Gasteiger partial charge in [0, 0.05) is 43.3 Å². The van der Waals surface area contributed by atoms with Crippen molar-refractivity contribution >= 4 is 33.3 Å².